The molecule has 1 heterocycles. The third-order valence-corrected chi connectivity index (χ3v) is 6.54. The summed E-state index contributed by atoms with van der Waals surface area (Å²) in [4.78, 5) is 5.08. The first-order valence-electron chi connectivity index (χ1n) is 12.3. The molecular formula is C35H24FN. The second-order valence-electron chi connectivity index (χ2n) is 8.98. The van der Waals surface area contributed by atoms with E-state index >= 15 is 4.39 Å². The van der Waals surface area contributed by atoms with Gasteiger partial charge in [-0.2, -0.15) is 0 Å². The largest absolute Gasteiger partial charge is 0.248 e. The molecule has 0 unspecified atom stereocenters. The van der Waals surface area contributed by atoms with Crippen LogP contribution in [-0.2, 0) is 0 Å². The third-order valence-electron chi connectivity index (χ3n) is 6.54. The molecule has 0 amide bonds. The lowest BCUT2D eigenvalue weighted by Crippen LogP contribution is -1.95. The molecule has 6 aromatic rings. The molecule has 0 spiro atoms. The average molecular weight is 478 g/mol. The molecule has 0 saturated carbocycles. The van der Waals surface area contributed by atoms with Gasteiger partial charge in [0.1, 0.15) is 5.82 Å². The van der Waals surface area contributed by atoms with Crippen LogP contribution in [0.3, 0.4) is 0 Å². The first-order valence-corrected chi connectivity index (χ1v) is 12.3. The Kier molecular flexibility index (Phi) is 6.14. The minimum atomic E-state index is -0.233. The molecule has 1 aromatic heterocycles. The van der Waals surface area contributed by atoms with Gasteiger partial charge in [-0.05, 0) is 46.5 Å². The van der Waals surface area contributed by atoms with Crippen LogP contribution in [0.5, 0.6) is 0 Å². The molecule has 0 N–H and O–H groups in total. The summed E-state index contributed by atoms with van der Waals surface area (Å²) in [6, 6.07) is 47.9. The fourth-order valence-corrected chi connectivity index (χ4v) is 4.66. The van der Waals surface area contributed by atoms with Crippen molar-refractivity contribution in [2.24, 2.45) is 0 Å². The number of aromatic nitrogens is 1. The Balaban J connectivity index is 1.61. The van der Waals surface area contributed by atoms with Gasteiger partial charge in [-0.3, -0.25) is 0 Å². The highest BCUT2D eigenvalue weighted by molar-refractivity contribution is 5.83. The second-order valence-corrected chi connectivity index (χ2v) is 8.98. The fourth-order valence-electron chi connectivity index (χ4n) is 4.66. The maximum absolute atomic E-state index is 16.0. The monoisotopic (exact) mass is 477 g/mol. The zero-order valence-corrected chi connectivity index (χ0v) is 20.2. The Morgan fingerprint density at radius 1 is 0.351 bits per heavy atom. The van der Waals surface area contributed by atoms with Gasteiger partial charge in [0.25, 0.3) is 0 Å². The predicted molar refractivity (Wildman–Crippen MR) is 151 cm³/mol. The van der Waals surface area contributed by atoms with E-state index in [2.05, 4.69) is 36.4 Å². The SMILES string of the molecule is Fc1c(-c2ccccc2)cc(-c2cc(-c3ccccc3)cc(-c3ccccc3)n2)cc1-c1ccccc1. The molecule has 0 atom stereocenters. The first-order chi connectivity index (χ1) is 18.3. The minimum Gasteiger partial charge on any atom is -0.248 e. The van der Waals surface area contributed by atoms with Crippen LogP contribution in [0.4, 0.5) is 4.39 Å². The summed E-state index contributed by atoms with van der Waals surface area (Å²) in [5.41, 5.74) is 8.55. The summed E-state index contributed by atoms with van der Waals surface area (Å²) >= 11 is 0. The van der Waals surface area contributed by atoms with Gasteiger partial charge in [0, 0.05) is 22.3 Å². The van der Waals surface area contributed by atoms with E-state index < -0.39 is 0 Å². The van der Waals surface area contributed by atoms with Gasteiger partial charge in [-0.1, -0.05) is 121 Å². The Labute approximate surface area is 216 Å². The van der Waals surface area contributed by atoms with E-state index in [1.165, 1.54) is 0 Å². The number of nitrogens with zero attached hydrogens (tertiary/aromatic N) is 1. The molecule has 2 heteroatoms. The molecule has 0 aliphatic heterocycles. The summed E-state index contributed by atoms with van der Waals surface area (Å²) in [6.07, 6.45) is 0. The van der Waals surface area contributed by atoms with Crippen LogP contribution in [0.1, 0.15) is 0 Å². The molecule has 0 fully saturated rings. The van der Waals surface area contributed by atoms with Crippen LogP contribution in [0.25, 0.3) is 55.9 Å². The highest BCUT2D eigenvalue weighted by Gasteiger charge is 2.17. The van der Waals surface area contributed by atoms with Gasteiger partial charge in [0.15, 0.2) is 0 Å². The first kappa shape index (κ1) is 22.6. The van der Waals surface area contributed by atoms with Crippen LogP contribution < -0.4 is 0 Å². The van der Waals surface area contributed by atoms with E-state index in [0.717, 1.165) is 44.8 Å². The highest BCUT2D eigenvalue weighted by atomic mass is 19.1. The number of pyridine rings is 1. The van der Waals surface area contributed by atoms with Crippen LogP contribution >= 0.6 is 0 Å². The average Bonchev–Trinajstić information content (AvgIpc) is 2.99. The molecule has 0 saturated heterocycles. The second kappa shape index (κ2) is 10.0. The summed E-state index contributed by atoms with van der Waals surface area (Å²) in [5.74, 6) is -0.233. The van der Waals surface area contributed by atoms with Crippen molar-refractivity contribution in [1.82, 2.24) is 4.98 Å². The topological polar surface area (TPSA) is 12.9 Å². The molecule has 1 nitrogen and oxygen atoms in total. The van der Waals surface area contributed by atoms with Gasteiger partial charge in [-0.25, -0.2) is 9.37 Å². The minimum absolute atomic E-state index is 0.233. The van der Waals surface area contributed by atoms with Crippen molar-refractivity contribution in [1.29, 1.82) is 0 Å². The summed E-state index contributed by atoms with van der Waals surface area (Å²) in [6.45, 7) is 0. The Morgan fingerprint density at radius 2 is 0.730 bits per heavy atom. The van der Waals surface area contributed by atoms with Gasteiger partial charge >= 0.3 is 0 Å². The molecule has 0 aliphatic carbocycles. The molecular weight excluding hydrogens is 453 g/mol. The lowest BCUT2D eigenvalue weighted by Gasteiger charge is -2.15. The van der Waals surface area contributed by atoms with Crippen molar-refractivity contribution in [3.05, 3.63) is 151 Å². The molecule has 0 radical (unpaired) electrons. The van der Waals surface area contributed by atoms with Crippen molar-refractivity contribution in [3.63, 3.8) is 0 Å². The zero-order valence-electron chi connectivity index (χ0n) is 20.2. The lowest BCUT2D eigenvalue weighted by molar-refractivity contribution is 0.635. The Bertz CT molecular complexity index is 1530. The summed E-state index contributed by atoms with van der Waals surface area (Å²) in [7, 11) is 0. The van der Waals surface area contributed by atoms with Gasteiger partial charge in [-0.15, -0.1) is 0 Å². The van der Waals surface area contributed by atoms with Crippen LogP contribution in [0, 0.1) is 5.82 Å². The molecule has 0 bridgehead atoms. The quantitative estimate of drug-likeness (QED) is 0.241. The molecule has 5 aromatic carbocycles. The Hall–Kier alpha value is -4.82. The van der Waals surface area contributed by atoms with Crippen LogP contribution in [0.15, 0.2) is 146 Å². The number of rotatable bonds is 5. The maximum atomic E-state index is 16.0. The maximum Gasteiger partial charge on any atom is 0.138 e. The fraction of sp³-hybridized carbons (Fsp3) is 0. The molecule has 37 heavy (non-hydrogen) atoms. The van der Waals surface area contributed by atoms with Crippen molar-refractivity contribution in [2.75, 3.05) is 0 Å². The lowest BCUT2D eigenvalue weighted by atomic mass is 9.93. The van der Waals surface area contributed by atoms with Gasteiger partial charge < -0.3 is 0 Å². The number of halogens is 1. The zero-order chi connectivity index (χ0) is 25.0. The van der Waals surface area contributed by atoms with E-state index in [1.807, 2.05) is 109 Å². The van der Waals surface area contributed by atoms with Crippen molar-refractivity contribution < 1.29 is 4.39 Å². The molecule has 0 aliphatic rings. The summed E-state index contributed by atoms with van der Waals surface area (Å²) < 4.78 is 16.0. The van der Waals surface area contributed by atoms with Gasteiger partial charge in [0.2, 0.25) is 0 Å². The number of hydrogen-bond acceptors (Lipinski definition) is 1. The normalized spacial score (nSPS) is 10.8. The van der Waals surface area contributed by atoms with E-state index in [1.54, 1.807) is 0 Å². The van der Waals surface area contributed by atoms with Crippen molar-refractivity contribution in [2.45, 2.75) is 0 Å². The van der Waals surface area contributed by atoms with E-state index in [4.69, 9.17) is 4.98 Å². The van der Waals surface area contributed by atoms with Crippen LogP contribution in [0.2, 0.25) is 0 Å². The van der Waals surface area contributed by atoms with Crippen LogP contribution in [-0.4, -0.2) is 4.98 Å². The van der Waals surface area contributed by atoms with E-state index in [-0.39, 0.29) is 5.82 Å². The van der Waals surface area contributed by atoms with E-state index in [0.29, 0.717) is 11.1 Å². The standard InChI is InChI=1S/C35H24FN/c36-35-31(26-15-7-2-8-16-26)21-30(22-32(35)27-17-9-3-10-18-27)34-24-29(25-13-5-1-6-14-25)23-33(37-34)28-19-11-4-12-20-28/h1-24H. The third kappa shape index (κ3) is 4.70. The molecule has 176 valence electrons. The van der Waals surface area contributed by atoms with Crippen molar-refractivity contribution >= 4 is 0 Å². The number of hydrogen-bond donors (Lipinski definition) is 0. The van der Waals surface area contributed by atoms with Gasteiger partial charge in [0.05, 0.1) is 11.4 Å². The van der Waals surface area contributed by atoms with E-state index in [9.17, 15) is 0 Å². The summed E-state index contributed by atoms with van der Waals surface area (Å²) in [5, 5.41) is 0. The molecule has 6 rings (SSSR count). The Morgan fingerprint density at radius 3 is 1.19 bits per heavy atom. The van der Waals surface area contributed by atoms with Crippen molar-refractivity contribution in [3.8, 4) is 55.9 Å². The highest BCUT2D eigenvalue weighted by Crippen LogP contribution is 2.37. The number of benzene rings is 5. The predicted octanol–water partition coefficient (Wildman–Crippen LogP) is 9.56. The smallest absolute Gasteiger partial charge is 0.138 e.